The van der Waals surface area contributed by atoms with Gasteiger partial charge in [-0.25, -0.2) is 0 Å². The first-order valence-electron chi connectivity index (χ1n) is 11.1. The Hall–Kier alpha value is -2.51. The number of rotatable bonds is 12. The molecular formula is C21H35BN6O5. The maximum absolute atomic E-state index is 12.2. The van der Waals surface area contributed by atoms with Crippen molar-refractivity contribution in [3.8, 4) is 0 Å². The lowest BCUT2D eigenvalue weighted by atomic mass is 9.78. The molecule has 33 heavy (non-hydrogen) atoms. The van der Waals surface area contributed by atoms with Crippen molar-refractivity contribution in [2.45, 2.75) is 44.9 Å². The smallest absolute Gasteiger partial charge is 0.423 e. The average molecular weight is 462 g/mol. The minimum Gasteiger partial charge on any atom is -0.423 e. The van der Waals surface area contributed by atoms with E-state index in [1.807, 2.05) is 19.9 Å². The van der Waals surface area contributed by atoms with E-state index in [1.165, 1.54) is 0 Å². The Morgan fingerprint density at radius 1 is 1.18 bits per heavy atom. The summed E-state index contributed by atoms with van der Waals surface area (Å²) in [6, 6.07) is 4.55. The van der Waals surface area contributed by atoms with Crippen molar-refractivity contribution >= 4 is 30.3 Å². The molecular weight excluding hydrogens is 427 g/mol. The number of hydrogen-bond donors (Lipinski definition) is 6. The summed E-state index contributed by atoms with van der Waals surface area (Å²) in [6.07, 6.45) is 0.241. The topological polar surface area (TPSA) is 186 Å². The maximum atomic E-state index is 12.2. The van der Waals surface area contributed by atoms with Crippen molar-refractivity contribution in [2.24, 2.45) is 17.2 Å². The molecule has 1 aliphatic rings. The molecule has 1 aromatic carbocycles. The Labute approximate surface area is 194 Å². The third-order valence-corrected chi connectivity index (χ3v) is 5.51. The molecule has 3 amide bonds. The van der Waals surface area contributed by atoms with Crippen molar-refractivity contribution in [1.82, 2.24) is 15.5 Å². The van der Waals surface area contributed by atoms with E-state index in [0.717, 1.165) is 11.1 Å². The molecule has 12 heteroatoms. The van der Waals surface area contributed by atoms with Crippen LogP contribution in [0.2, 0.25) is 0 Å². The van der Waals surface area contributed by atoms with Crippen LogP contribution < -0.4 is 33.3 Å². The molecule has 0 aliphatic carbocycles. The van der Waals surface area contributed by atoms with E-state index in [1.54, 1.807) is 17.0 Å². The number of amides is 3. The first kappa shape index (κ1) is 26.7. The van der Waals surface area contributed by atoms with Crippen LogP contribution in [0.15, 0.2) is 18.2 Å². The normalized spacial score (nSPS) is 15.0. The number of carbonyl (C=O) groups is 3. The zero-order valence-electron chi connectivity index (χ0n) is 19.3. The lowest BCUT2D eigenvalue weighted by Gasteiger charge is -2.22. The van der Waals surface area contributed by atoms with E-state index >= 15 is 0 Å². The van der Waals surface area contributed by atoms with Crippen LogP contribution in [0.1, 0.15) is 37.8 Å². The van der Waals surface area contributed by atoms with Crippen LogP contribution in [0.5, 0.6) is 0 Å². The van der Waals surface area contributed by atoms with Gasteiger partial charge in [-0.2, -0.15) is 0 Å². The molecule has 0 aromatic heterocycles. The van der Waals surface area contributed by atoms with E-state index in [4.69, 9.17) is 21.9 Å². The van der Waals surface area contributed by atoms with E-state index in [2.05, 4.69) is 10.6 Å². The second-order valence-electron chi connectivity index (χ2n) is 8.50. The van der Waals surface area contributed by atoms with E-state index < -0.39 is 24.7 Å². The van der Waals surface area contributed by atoms with Gasteiger partial charge in [0.1, 0.15) is 0 Å². The Kier molecular flexibility index (Phi) is 9.80. The molecule has 2 rings (SSSR count). The zero-order chi connectivity index (χ0) is 24.6. The molecule has 11 nitrogen and oxygen atoms in total. The SMILES string of the molecule is CC1(C)OB(O)c2ccc(CNC(=O)CNC(=O)C(N)CCC(=O)N(CCN)CCN)cc21. The molecule has 1 aromatic rings. The monoisotopic (exact) mass is 462 g/mol. The number of nitrogens with one attached hydrogen (secondary N) is 2. The van der Waals surface area contributed by atoms with Crippen molar-refractivity contribution in [1.29, 1.82) is 0 Å². The first-order chi connectivity index (χ1) is 15.6. The molecule has 0 spiro atoms. The van der Waals surface area contributed by atoms with E-state index in [9.17, 15) is 19.4 Å². The van der Waals surface area contributed by atoms with Crippen LogP contribution in [0.25, 0.3) is 0 Å². The van der Waals surface area contributed by atoms with E-state index in [0.29, 0.717) is 31.6 Å². The highest BCUT2D eigenvalue weighted by Gasteiger charge is 2.40. The van der Waals surface area contributed by atoms with Crippen LogP contribution in [0, 0.1) is 0 Å². The number of nitrogens with zero attached hydrogens (tertiary/aromatic N) is 1. The fraction of sp³-hybridized carbons (Fsp3) is 0.571. The van der Waals surface area contributed by atoms with Crippen LogP contribution in [-0.4, -0.2) is 73.5 Å². The summed E-state index contributed by atoms with van der Waals surface area (Å²) in [5.74, 6) is -1.05. The summed E-state index contributed by atoms with van der Waals surface area (Å²) < 4.78 is 5.53. The lowest BCUT2D eigenvalue weighted by Crippen LogP contribution is -2.45. The summed E-state index contributed by atoms with van der Waals surface area (Å²) in [5, 5.41) is 15.2. The molecule has 1 unspecified atom stereocenters. The van der Waals surface area contributed by atoms with Gasteiger partial charge in [0.2, 0.25) is 17.7 Å². The third-order valence-electron chi connectivity index (χ3n) is 5.51. The maximum Gasteiger partial charge on any atom is 0.492 e. The van der Waals surface area contributed by atoms with Gasteiger partial charge in [0.15, 0.2) is 0 Å². The van der Waals surface area contributed by atoms with Gasteiger partial charge in [0.25, 0.3) is 0 Å². The second-order valence-corrected chi connectivity index (χ2v) is 8.50. The molecule has 0 radical (unpaired) electrons. The van der Waals surface area contributed by atoms with Gasteiger partial charge in [-0.05, 0) is 36.9 Å². The van der Waals surface area contributed by atoms with Crippen LogP contribution in [0.4, 0.5) is 0 Å². The van der Waals surface area contributed by atoms with Crippen LogP contribution in [0.3, 0.4) is 0 Å². The number of hydrogen-bond acceptors (Lipinski definition) is 8. The zero-order valence-corrected chi connectivity index (χ0v) is 19.3. The van der Waals surface area contributed by atoms with Gasteiger partial charge in [-0.3, -0.25) is 14.4 Å². The summed E-state index contributed by atoms with van der Waals surface area (Å²) in [7, 11) is -0.960. The fourth-order valence-corrected chi connectivity index (χ4v) is 3.66. The molecule has 1 aliphatic heterocycles. The molecule has 1 atom stereocenters. The number of fused-ring (bicyclic) bond motifs is 1. The van der Waals surface area contributed by atoms with Gasteiger partial charge in [-0.1, -0.05) is 18.2 Å². The number of nitrogens with two attached hydrogens (primary N) is 3. The molecule has 0 saturated carbocycles. The average Bonchev–Trinajstić information content (AvgIpc) is 3.01. The Morgan fingerprint density at radius 2 is 1.85 bits per heavy atom. The molecule has 0 fully saturated rings. The third kappa shape index (κ3) is 7.51. The quantitative estimate of drug-likeness (QED) is 0.180. The highest BCUT2D eigenvalue weighted by atomic mass is 16.5. The minimum absolute atomic E-state index is 0.0911. The first-order valence-corrected chi connectivity index (χ1v) is 11.1. The highest BCUT2D eigenvalue weighted by Crippen LogP contribution is 2.30. The Bertz CT molecular complexity index is 846. The molecule has 9 N–H and O–H groups in total. The van der Waals surface area contributed by atoms with Crippen molar-refractivity contribution in [2.75, 3.05) is 32.7 Å². The molecule has 182 valence electrons. The molecule has 1 heterocycles. The summed E-state index contributed by atoms with van der Waals surface area (Å²) in [5.41, 5.74) is 18.7. The fourth-order valence-electron chi connectivity index (χ4n) is 3.66. The van der Waals surface area contributed by atoms with Crippen LogP contribution >= 0.6 is 0 Å². The predicted octanol–water partition coefficient (Wildman–Crippen LogP) is -2.77. The van der Waals surface area contributed by atoms with Gasteiger partial charge in [-0.15, -0.1) is 0 Å². The number of benzene rings is 1. The largest absolute Gasteiger partial charge is 0.492 e. The van der Waals surface area contributed by atoms with Crippen LogP contribution in [-0.2, 0) is 31.2 Å². The van der Waals surface area contributed by atoms with Gasteiger partial charge >= 0.3 is 7.12 Å². The highest BCUT2D eigenvalue weighted by molar-refractivity contribution is 6.61. The van der Waals surface area contributed by atoms with Gasteiger partial charge < -0.3 is 42.4 Å². The Morgan fingerprint density at radius 3 is 2.48 bits per heavy atom. The summed E-state index contributed by atoms with van der Waals surface area (Å²) >= 11 is 0. The predicted molar refractivity (Wildman–Crippen MR) is 125 cm³/mol. The Balaban J connectivity index is 1.75. The minimum atomic E-state index is -0.960. The van der Waals surface area contributed by atoms with Crippen molar-refractivity contribution < 1.29 is 24.1 Å². The van der Waals surface area contributed by atoms with Gasteiger partial charge in [0.05, 0.1) is 18.2 Å². The summed E-state index contributed by atoms with van der Waals surface area (Å²) in [4.78, 5) is 38.1. The van der Waals surface area contributed by atoms with E-state index in [-0.39, 0.29) is 37.7 Å². The summed E-state index contributed by atoms with van der Waals surface area (Å²) in [6.45, 7) is 5.20. The lowest BCUT2D eigenvalue weighted by molar-refractivity contribution is -0.131. The molecule has 0 saturated heterocycles. The van der Waals surface area contributed by atoms with Crippen molar-refractivity contribution in [3.05, 3.63) is 29.3 Å². The second kappa shape index (κ2) is 12.1. The van der Waals surface area contributed by atoms with Crippen molar-refractivity contribution in [3.63, 3.8) is 0 Å². The standard InChI is InChI=1S/C21H35BN6O5/c1-21(2)15-11-14(3-4-16(15)22(32)33-21)12-26-18(29)13-27-20(31)17(25)5-6-19(30)28(9-7-23)10-8-24/h3-4,11,17,32H,5-10,12-13,23-25H2,1-2H3,(H,26,29)(H,27,31). The molecule has 0 bridgehead atoms. The van der Waals surface area contributed by atoms with Gasteiger partial charge in [0, 0.05) is 39.1 Å². The number of carbonyl (C=O) groups excluding carboxylic acids is 3.